The van der Waals surface area contributed by atoms with Crippen LogP contribution in [0.15, 0.2) is 18.2 Å². The molecule has 0 bridgehead atoms. The van der Waals surface area contributed by atoms with E-state index in [0.29, 0.717) is 11.0 Å². The number of amides is 1. The number of carbonyl (C=O) groups is 2. The Kier molecular flexibility index (Phi) is 7.76. The molecule has 6 nitrogen and oxygen atoms in total. The average molecular weight is 496 g/mol. The number of halogens is 9. The molecule has 0 aliphatic carbocycles. The number of carboxylic acid groups (broad SMARTS) is 1. The van der Waals surface area contributed by atoms with E-state index < -0.39 is 48.7 Å². The van der Waals surface area contributed by atoms with Crippen molar-refractivity contribution in [3.8, 4) is 0 Å². The lowest BCUT2D eigenvalue weighted by Crippen LogP contribution is -2.52. The van der Waals surface area contributed by atoms with E-state index in [1.807, 2.05) is 0 Å². The smallest absolute Gasteiger partial charge is 0.434 e. The molecule has 1 aromatic carbocycles. The Morgan fingerprint density at radius 1 is 0.879 bits per heavy atom. The maximum absolute atomic E-state index is 13.1. The number of carbonyl (C=O) groups excluding carboxylic acids is 1. The normalized spacial score (nSPS) is 16.2. The van der Waals surface area contributed by atoms with Crippen LogP contribution in [0.3, 0.4) is 0 Å². The van der Waals surface area contributed by atoms with E-state index in [1.54, 1.807) is 0 Å². The molecule has 0 saturated carbocycles. The van der Waals surface area contributed by atoms with Gasteiger partial charge in [-0.15, -0.1) is 0 Å². The van der Waals surface area contributed by atoms with Gasteiger partial charge in [0.15, 0.2) is 0 Å². The highest BCUT2D eigenvalue weighted by atomic mass is 19.4. The van der Waals surface area contributed by atoms with E-state index in [9.17, 15) is 49.1 Å². The van der Waals surface area contributed by atoms with E-state index >= 15 is 0 Å². The summed E-state index contributed by atoms with van der Waals surface area (Å²) >= 11 is 0. The first-order chi connectivity index (χ1) is 15.0. The van der Waals surface area contributed by atoms with Crippen LogP contribution >= 0.6 is 0 Å². The summed E-state index contributed by atoms with van der Waals surface area (Å²) in [6.45, 7) is -0.942. The summed E-state index contributed by atoms with van der Waals surface area (Å²) in [5, 5.41) is 8.84. The Balaban J connectivity index is 2.04. The van der Waals surface area contributed by atoms with Gasteiger partial charge in [-0.25, -0.2) is 4.79 Å². The molecular formula is C18H17F9N2O4. The highest BCUT2D eigenvalue weighted by Gasteiger charge is 2.60. The first-order valence-electron chi connectivity index (χ1n) is 9.20. The quantitative estimate of drug-likeness (QED) is 0.623. The second-order valence-corrected chi connectivity index (χ2v) is 7.22. The van der Waals surface area contributed by atoms with E-state index in [4.69, 9.17) is 5.11 Å². The molecule has 1 aliphatic rings. The van der Waals surface area contributed by atoms with Gasteiger partial charge in [0.25, 0.3) is 6.10 Å². The van der Waals surface area contributed by atoms with E-state index in [-0.39, 0.29) is 43.9 Å². The Bertz CT molecular complexity index is 846. The number of aliphatic carboxylic acids is 1. The average Bonchev–Trinajstić information content (AvgIpc) is 2.63. The minimum absolute atomic E-state index is 0.0810. The van der Waals surface area contributed by atoms with Gasteiger partial charge in [-0.3, -0.25) is 9.69 Å². The first kappa shape index (κ1) is 26.5. The fourth-order valence-corrected chi connectivity index (χ4v) is 3.14. The lowest BCUT2D eigenvalue weighted by Gasteiger charge is -2.35. The maximum Gasteiger partial charge on any atom is 0.434 e. The predicted octanol–water partition coefficient (Wildman–Crippen LogP) is 4.08. The zero-order valence-corrected chi connectivity index (χ0v) is 16.5. The summed E-state index contributed by atoms with van der Waals surface area (Å²) in [6, 6.07) is 2.76. The molecule has 0 aromatic heterocycles. The molecule has 186 valence electrons. The van der Waals surface area contributed by atoms with Crippen LogP contribution in [0.2, 0.25) is 0 Å². The highest BCUT2D eigenvalue weighted by Crippen LogP contribution is 2.36. The van der Waals surface area contributed by atoms with Crippen LogP contribution in [-0.2, 0) is 28.7 Å². The molecule has 1 N–H and O–H groups in total. The number of carboxylic acids is 1. The predicted molar refractivity (Wildman–Crippen MR) is 92.0 cm³/mol. The third-order valence-electron chi connectivity index (χ3n) is 4.59. The van der Waals surface area contributed by atoms with Crippen molar-refractivity contribution in [3.63, 3.8) is 0 Å². The van der Waals surface area contributed by atoms with Crippen LogP contribution < -0.4 is 0 Å². The second kappa shape index (κ2) is 9.65. The number of benzene rings is 1. The Labute approximate surface area is 180 Å². The zero-order chi connectivity index (χ0) is 25.2. The molecule has 1 heterocycles. The molecular weight excluding hydrogens is 479 g/mol. The SMILES string of the molecule is O=C(O)Cc1cc(CN2CCN(C(=O)OC(C(F)(F)F)C(F)(F)F)CC2)cc(C(F)(F)F)c1. The second-order valence-electron chi connectivity index (χ2n) is 7.22. The van der Waals surface area contributed by atoms with Crippen LogP contribution in [0.25, 0.3) is 0 Å². The number of ether oxygens (including phenoxy) is 1. The van der Waals surface area contributed by atoms with Crippen molar-refractivity contribution in [2.45, 2.75) is 37.6 Å². The fraction of sp³-hybridized carbons (Fsp3) is 0.556. The van der Waals surface area contributed by atoms with Crippen molar-refractivity contribution in [2.75, 3.05) is 26.2 Å². The third kappa shape index (κ3) is 7.68. The van der Waals surface area contributed by atoms with E-state index in [2.05, 4.69) is 4.74 Å². The van der Waals surface area contributed by atoms with Crippen molar-refractivity contribution in [2.24, 2.45) is 0 Å². The van der Waals surface area contributed by atoms with Crippen molar-refractivity contribution >= 4 is 12.1 Å². The molecule has 1 aliphatic heterocycles. The summed E-state index contributed by atoms with van der Waals surface area (Å²) in [5.41, 5.74) is -1.06. The van der Waals surface area contributed by atoms with Crippen LogP contribution in [0.1, 0.15) is 16.7 Å². The molecule has 33 heavy (non-hydrogen) atoms. The minimum Gasteiger partial charge on any atom is -0.481 e. The molecule has 2 rings (SSSR count). The van der Waals surface area contributed by atoms with E-state index in [0.717, 1.165) is 6.07 Å². The van der Waals surface area contributed by atoms with Crippen LogP contribution in [0.4, 0.5) is 44.3 Å². The van der Waals surface area contributed by atoms with E-state index in [1.165, 1.54) is 11.0 Å². The van der Waals surface area contributed by atoms with Gasteiger partial charge in [0, 0.05) is 32.7 Å². The van der Waals surface area contributed by atoms with Crippen LogP contribution in [0, 0.1) is 0 Å². The van der Waals surface area contributed by atoms with Crippen LogP contribution in [-0.4, -0.2) is 71.6 Å². The molecule has 0 unspecified atom stereocenters. The van der Waals surface area contributed by atoms with Crippen LogP contribution in [0.5, 0.6) is 0 Å². The highest BCUT2D eigenvalue weighted by molar-refractivity contribution is 5.70. The molecule has 1 saturated heterocycles. The number of piperazine rings is 1. The summed E-state index contributed by atoms with van der Waals surface area (Å²) in [5.74, 6) is -1.34. The van der Waals surface area contributed by atoms with Gasteiger partial charge in [-0.2, -0.15) is 39.5 Å². The Morgan fingerprint density at radius 2 is 1.39 bits per heavy atom. The van der Waals surface area contributed by atoms with Gasteiger partial charge >= 0.3 is 30.6 Å². The van der Waals surface area contributed by atoms with Gasteiger partial charge in [-0.1, -0.05) is 6.07 Å². The lowest BCUT2D eigenvalue weighted by molar-refractivity contribution is -0.308. The number of nitrogens with zero attached hydrogens (tertiary/aromatic N) is 2. The van der Waals surface area contributed by atoms with Gasteiger partial charge in [-0.05, 0) is 23.3 Å². The number of hydrogen-bond donors (Lipinski definition) is 1. The summed E-state index contributed by atoms with van der Waals surface area (Å²) in [6.07, 6.45) is -23.2. The third-order valence-corrected chi connectivity index (χ3v) is 4.59. The number of alkyl halides is 9. The first-order valence-corrected chi connectivity index (χ1v) is 9.20. The van der Waals surface area contributed by atoms with Crippen molar-refractivity contribution in [1.82, 2.24) is 9.80 Å². The van der Waals surface area contributed by atoms with Gasteiger partial charge < -0.3 is 14.7 Å². The number of hydrogen-bond acceptors (Lipinski definition) is 4. The fourth-order valence-electron chi connectivity index (χ4n) is 3.14. The largest absolute Gasteiger partial charge is 0.481 e. The lowest BCUT2D eigenvalue weighted by atomic mass is 10.0. The number of rotatable bonds is 5. The molecule has 0 radical (unpaired) electrons. The molecule has 1 aromatic rings. The van der Waals surface area contributed by atoms with Gasteiger partial charge in [0.2, 0.25) is 0 Å². The Hall–Kier alpha value is -2.71. The van der Waals surface area contributed by atoms with Crippen molar-refractivity contribution in [3.05, 3.63) is 34.9 Å². The maximum atomic E-state index is 13.1. The topological polar surface area (TPSA) is 70.1 Å². The molecule has 0 atom stereocenters. The summed E-state index contributed by atoms with van der Waals surface area (Å²) in [7, 11) is 0. The monoisotopic (exact) mass is 496 g/mol. The Morgan fingerprint density at radius 3 is 1.85 bits per heavy atom. The van der Waals surface area contributed by atoms with Crippen molar-refractivity contribution < 1.29 is 58.9 Å². The molecule has 0 spiro atoms. The molecule has 1 fully saturated rings. The molecule has 1 amide bonds. The minimum atomic E-state index is -5.85. The van der Waals surface area contributed by atoms with Gasteiger partial charge in [0.1, 0.15) is 0 Å². The van der Waals surface area contributed by atoms with Gasteiger partial charge in [0.05, 0.1) is 12.0 Å². The molecule has 15 heteroatoms. The zero-order valence-electron chi connectivity index (χ0n) is 16.5. The summed E-state index contributed by atoms with van der Waals surface area (Å²) < 4.78 is 118. The van der Waals surface area contributed by atoms with Crippen molar-refractivity contribution in [1.29, 1.82) is 0 Å². The standard InChI is InChI=1S/C18H17F9N2O4/c19-16(20,21)12-6-10(8-13(30)31)5-11(7-12)9-28-1-3-29(4-2-28)15(32)33-14(17(22,23)24)18(25,26)27/h5-7,14H,1-4,8-9H2,(H,30,31). The summed E-state index contributed by atoms with van der Waals surface area (Å²) in [4.78, 5) is 24.8.